The number of hydrogen-bond donors (Lipinski definition) is 2. The summed E-state index contributed by atoms with van der Waals surface area (Å²) in [5, 5.41) is 11.5. The summed E-state index contributed by atoms with van der Waals surface area (Å²) in [5.74, 6) is -0.210. The molecule has 18 heavy (non-hydrogen) atoms. The molecule has 0 heterocycles. The largest absolute Gasteiger partial charge is 0.480 e. The lowest BCUT2D eigenvalue weighted by Crippen LogP contribution is -2.45. The van der Waals surface area contributed by atoms with Gasteiger partial charge in [-0.1, -0.05) is 20.8 Å². The van der Waals surface area contributed by atoms with Crippen LogP contribution < -0.4 is 5.32 Å². The third kappa shape index (κ3) is 7.11. The molecule has 106 valence electrons. The molecule has 2 N–H and O–H groups in total. The van der Waals surface area contributed by atoms with E-state index in [1.807, 2.05) is 6.92 Å². The number of urea groups is 1. The van der Waals surface area contributed by atoms with Crippen LogP contribution in [-0.4, -0.2) is 55.4 Å². The number of carbonyl (C=O) groups is 2. The Labute approximate surface area is 108 Å². The van der Waals surface area contributed by atoms with E-state index >= 15 is 0 Å². The van der Waals surface area contributed by atoms with Crippen molar-refractivity contribution >= 4 is 12.0 Å². The van der Waals surface area contributed by atoms with Gasteiger partial charge in [0.1, 0.15) is 6.54 Å². The smallest absolute Gasteiger partial charge is 0.323 e. The number of aliphatic carboxylic acids is 1. The molecule has 0 radical (unpaired) electrons. The second-order valence-corrected chi connectivity index (χ2v) is 4.72. The normalized spacial score (nSPS) is 12.3. The highest BCUT2D eigenvalue weighted by Gasteiger charge is 2.17. The van der Waals surface area contributed by atoms with E-state index in [2.05, 4.69) is 19.2 Å². The van der Waals surface area contributed by atoms with Crippen LogP contribution in [0.25, 0.3) is 0 Å². The van der Waals surface area contributed by atoms with Gasteiger partial charge in [-0.05, 0) is 11.8 Å². The molecule has 0 aromatic heterocycles. The quantitative estimate of drug-likeness (QED) is 0.683. The van der Waals surface area contributed by atoms with Gasteiger partial charge in [0, 0.05) is 20.2 Å². The van der Waals surface area contributed by atoms with Gasteiger partial charge in [-0.2, -0.15) is 0 Å². The van der Waals surface area contributed by atoms with Gasteiger partial charge in [0.2, 0.25) is 0 Å². The molecule has 6 heteroatoms. The van der Waals surface area contributed by atoms with E-state index in [9.17, 15) is 9.59 Å². The number of carbonyl (C=O) groups excluding carboxylic acids is 1. The first-order valence-electron chi connectivity index (χ1n) is 6.12. The molecule has 0 rings (SSSR count). The minimum atomic E-state index is -1.03. The van der Waals surface area contributed by atoms with Gasteiger partial charge in [0.25, 0.3) is 0 Å². The molecule has 0 spiro atoms. The predicted molar refractivity (Wildman–Crippen MR) is 68.5 cm³/mol. The lowest BCUT2D eigenvalue weighted by atomic mass is 9.98. The number of nitrogens with one attached hydrogen (secondary N) is 1. The molecule has 1 unspecified atom stereocenters. The number of amides is 2. The molecule has 0 aromatic carbocycles. The van der Waals surface area contributed by atoms with Crippen LogP contribution in [0.5, 0.6) is 0 Å². The van der Waals surface area contributed by atoms with Crippen molar-refractivity contribution in [3.05, 3.63) is 0 Å². The van der Waals surface area contributed by atoms with Gasteiger partial charge < -0.3 is 20.1 Å². The number of rotatable bonds is 8. The Morgan fingerprint density at radius 1 is 1.33 bits per heavy atom. The number of carboxylic acid groups (broad SMARTS) is 1. The zero-order valence-electron chi connectivity index (χ0n) is 11.6. The van der Waals surface area contributed by atoms with Crippen molar-refractivity contribution in [3.63, 3.8) is 0 Å². The topological polar surface area (TPSA) is 78.9 Å². The van der Waals surface area contributed by atoms with Crippen LogP contribution in [0.3, 0.4) is 0 Å². The predicted octanol–water partition coefficient (Wildman–Crippen LogP) is 1.02. The molecule has 6 nitrogen and oxygen atoms in total. The first kappa shape index (κ1) is 16.7. The highest BCUT2D eigenvalue weighted by molar-refractivity contribution is 5.80. The van der Waals surface area contributed by atoms with Crippen molar-refractivity contribution in [2.75, 3.05) is 33.4 Å². The average molecular weight is 260 g/mol. The van der Waals surface area contributed by atoms with E-state index in [-0.39, 0.29) is 19.1 Å². The minimum Gasteiger partial charge on any atom is -0.480 e. The van der Waals surface area contributed by atoms with E-state index < -0.39 is 5.97 Å². The van der Waals surface area contributed by atoms with Crippen LogP contribution in [-0.2, 0) is 9.53 Å². The SMILES string of the molecule is COCCN(CC(=O)O)C(=O)NCC(C)C(C)C. The van der Waals surface area contributed by atoms with Gasteiger partial charge >= 0.3 is 12.0 Å². The van der Waals surface area contributed by atoms with Gasteiger partial charge in [0.15, 0.2) is 0 Å². The van der Waals surface area contributed by atoms with Gasteiger partial charge in [-0.25, -0.2) is 4.79 Å². The summed E-state index contributed by atoms with van der Waals surface area (Å²) < 4.78 is 4.85. The molecular weight excluding hydrogens is 236 g/mol. The summed E-state index contributed by atoms with van der Waals surface area (Å²) in [6.07, 6.45) is 0. The fourth-order valence-electron chi connectivity index (χ4n) is 1.21. The van der Waals surface area contributed by atoms with Crippen LogP contribution in [0.2, 0.25) is 0 Å². The Kier molecular flexibility index (Phi) is 8.11. The number of methoxy groups -OCH3 is 1. The zero-order chi connectivity index (χ0) is 14.1. The van der Waals surface area contributed by atoms with Gasteiger partial charge in [-0.3, -0.25) is 4.79 Å². The molecule has 0 saturated heterocycles. The maximum atomic E-state index is 11.8. The molecule has 0 aromatic rings. The summed E-state index contributed by atoms with van der Waals surface area (Å²) in [6.45, 7) is 7.02. The summed E-state index contributed by atoms with van der Waals surface area (Å²) in [7, 11) is 1.51. The van der Waals surface area contributed by atoms with Crippen molar-refractivity contribution in [2.24, 2.45) is 11.8 Å². The van der Waals surface area contributed by atoms with Crippen LogP contribution in [0.1, 0.15) is 20.8 Å². The Morgan fingerprint density at radius 3 is 2.39 bits per heavy atom. The van der Waals surface area contributed by atoms with Gasteiger partial charge in [-0.15, -0.1) is 0 Å². The van der Waals surface area contributed by atoms with Crippen molar-refractivity contribution < 1.29 is 19.4 Å². The zero-order valence-corrected chi connectivity index (χ0v) is 11.6. The molecule has 0 bridgehead atoms. The molecule has 0 aliphatic rings. The number of hydrogen-bond acceptors (Lipinski definition) is 3. The third-order valence-corrected chi connectivity index (χ3v) is 2.89. The summed E-state index contributed by atoms with van der Waals surface area (Å²) in [4.78, 5) is 23.7. The van der Waals surface area contributed by atoms with Crippen molar-refractivity contribution in [2.45, 2.75) is 20.8 Å². The Bertz CT molecular complexity index is 269. The highest BCUT2D eigenvalue weighted by atomic mass is 16.5. The first-order chi connectivity index (χ1) is 8.38. The van der Waals surface area contributed by atoms with E-state index in [1.54, 1.807) is 0 Å². The van der Waals surface area contributed by atoms with Crippen molar-refractivity contribution in [1.29, 1.82) is 0 Å². The van der Waals surface area contributed by atoms with Crippen LogP contribution in [0.4, 0.5) is 4.79 Å². The van der Waals surface area contributed by atoms with Crippen molar-refractivity contribution in [3.8, 4) is 0 Å². The van der Waals surface area contributed by atoms with Crippen LogP contribution in [0, 0.1) is 11.8 Å². The van der Waals surface area contributed by atoms with Crippen molar-refractivity contribution in [1.82, 2.24) is 10.2 Å². The van der Waals surface area contributed by atoms with E-state index in [0.717, 1.165) is 0 Å². The minimum absolute atomic E-state index is 0.269. The maximum Gasteiger partial charge on any atom is 0.323 e. The monoisotopic (exact) mass is 260 g/mol. The van der Waals surface area contributed by atoms with Crippen LogP contribution in [0.15, 0.2) is 0 Å². The fourth-order valence-corrected chi connectivity index (χ4v) is 1.21. The lowest BCUT2D eigenvalue weighted by molar-refractivity contribution is -0.137. The third-order valence-electron chi connectivity index (χ3n) is 2.89. The maximum absolute atomic E-state index is 11.8. The Morgan fingerprint density at radius 2 is 1.94 bits per heavy atom. The molecule has 2 amide bonds. The number of ether oxygens (including phenoxy) is 1. The first-order valence-corrected chi connectivity index (χ1v) is 6.12. The molecule has 0 fully saturated rings. The van der Waals surface area contributed by atoms with E-state index in [0.29, 0.717) is 25.0 Å². The summed E-state index contributed by atoms with van der Waals surface area (Å²) in [6, 6.07) is -0.359. The molecule has 0 aliphatic carbocycles. The number of carboxylic acids is 1. The molecule has 0 aliphatic heterocycles. The van der Waals surface area contributed by atoms with Crippen LogP contribution >= 0.6 is 0 Å². The standard InChI is InChI=1S/C12H24N2O4/c1-9(2)10(3)7-13-12(17)14(5-6-18-4)8-11(15)16/h9-10H,5-8H2,1-4H3,(H,13,17)(H,15,16). The van der Waals surface area contributed by atoms with E-state index in [4.69, 9.17) is 9.84 Å². The summed E-state index contributed by atoms with van der Waals surface area (Å²) in [5.41, 5.74) is 0. The molecule has 0 saturated carbocycles. The Hall–Kier alpha value is -1.30. The molecular formula is C12H24N2O4. The summed E-state index contributed by atoms with van der Waals surface area (Å²) >= 11 is 0. The molecule has 1 atom stereocenters. The average Bonchev–Trinajstić information content (AvgIpc) is 2.30. The lowest BCUT2D eigenvalue weighted by Gasteiger charge is -2.23. The second kappa shape index (κ2) is 8.74. The van der Waals surface area contributed by atoms with E-state index in [1.165, 1.54) is 12.0 Å². The highest BCUT2D eigenvalue weighted by Crippen LogP contribution is 2.07. The fraction of sp³-hybridized carbons (Fsp3) is 0.833. The Balaban J connectivity index is 4.23. The number of nitrogens with zero attached hydrogens (tertiary/aromatic N) is 1. The van der Waals surface area contributed by atoms with Gasteiger partial charge in [0.05, 0.1) is 6.61 Å². The second-order valence-electron chi connectivity index (χ2n) is 4.72.